The number of carbonyl (C=O) groups excluding carboxylic acids is 1. The molecule has 126 valence electrons. The van der Waals surface area contributed by atoms with Crippen molar-refractivity contribution in [2.45, 2.75) is 27.3 Å². The number of hydrogen-bond donors (Lipinski definition) is 2. The number of benzene rings is 2. The van der Waals surface area contributed by atoms with E-state index in [4.69, 9.17) is 5.73 Å². The van der Waals surface area contributed by atoms with Gasteiger partial charge in [-0.25, -0.2) is 9.79 Å². The first-order valence-corrected chi connectivity index (χ1v) is 8.01. The van der Waals surface area contributed by atoms with E-state index in [-0.39, 0.29) is 12.0 Å². The second kappa shape index (κ2) is 8.15. The molecule has 0 radical (unpaired) electrons. The van der Waals surface area contributed by atoms with Crippen molar-refractivity contribution in [1.29, 1.82) is 0 Å². The van der Waals surface area contributed by atoms with Crippen molar-refractivity contribution in [3.05, 3.63) is 65.2 Å². The van der Waals surface area contributed by atoms with Crippen molar-refractivity contribution in [3.63, 3.8) is 0 Å². The number of nitrogens with zero attached hydrogens (tertiary/aromatic N) is 2. The molecule has 0 fully saturated rings. The smallest absolute Gasteiger partial charge is 0.328 e. The highest BCUT2D eigenvalue weighted by atomic mass is 16.2. The summed E-state index contributed by atoms with van der Waals surface area (Å²) in [5, 5.41) is 2.67. The summed E-state index contributed by atoms with van der Waals surface area (Å²) in [5.74, 6) is 0.119. The highest BCUT2D eigenvalue weighted by molar-refractivity contribution is 6.03. The first-order chi connectivity index (χ1) is 11.5. The third-order valence-corrected chi connectivity index (χ3v) is 3.78. The quantitative estimate of drug-likeness (QED) is 0.669. The van der Waals surface area contributed by atoms with Crippen molar-refractivity contribution in [1.82, 2.24) is 5.32 Å². The maximum atomic E-state index is 12.6. The Morgan fingerprint density at radius 1 is 1.08 bits per heavy atom. The summed E-state index contributed by atoms with van der Waals surface area (Å²) in [6, 6.07) is 15.5. The lowest BCUT2D eigenvalue weighted by Gasteiger charge is -2.25. The molecule has 0 aromatic heterocycles. The molecule has 5 heteroatoms. The molecule has 0 aliphatic heterocycles. The largest absolute Gasteiger partial charge is 0.370 e. The van der Waals surface area contributed by atoms with Crippen molar-refractivity contribution in [2.24, 2.45) is 10.7 Å². The predicted octanol–water partition coefficient (Wildman–Crippen LogP) is 3.35. The molecule has 24 heavy (non-hydrogen) atoms. The van der Waals surface area contributed by atoms with Crippen molar-refractivity contribution >= 4 is 17.7 Å². The summed E-state index contributed by atoms with van der Waals surface area (Å²) >= 11 is 0. The summed E-state index contributed by atoms with van der Waals surface area (Å²) in [6.07, 6.45) is 0. The number of para-hydroxylation sites is 1. The zero-order valence-corrected chi connectivity index (χ0v) is 14.4. The normalized spacial score (nSPS) is 11.2. The molecule has 2 aromatic rings. The Hall–Kier alpha value is -2.82. The van der Waals surface area contributed by atoms with E-state index < -0.39 is 0 Å². The van der Waals surface area contributed by atoms with Gasteiger partial charge >= 0.3 is 6.03 Å². The fraction of sp³-hybridized carbons (Fsp3) is 0.263. The summed E-state index contributed by atoms with van der Waals surface area (Å²) in [6.45, 7) is 6.89. The molecule has 0 saturated carbocycles. The average molecular weight is 324 g/mol. The molecule has 0 heterocycles. The summed E-state index contributed by atoms with van der Waals surface area (Å²) in [5.41, 5.74) is 9.91. The Morgan fingerprint density at radius 3 is 2.29 bits per heavy atom. The lowest BCUT2D eigenvalue weighted by Crippen LogP contribution is -2.46. The van der Waals surface area contributed by atoms with Gasteiger partial charge in [0.2, 0.25) is 0 Å². The lowest BCUT2D eigenvalue weighted by molar-refractivity contribution is 0.250. The molecule has 2 rings (SSSR count). The van der Waals surface area contributed by atoms with Crippen LogP contribution in [0, 0.1) is 13.8 Å². The van der Waals surface area contributed by atoms with Gasteiger partial charge in [-0.3, -0.25) is 10.2 Å². The minimum Gasteiger partial charge on any atom is -0.370 e. The van der Waals surface area contributed by atoms with Crippen LogP contribution in [-0.4, -0.2) is 18.5 Å². The number of nitrogens with two attached hydrogens (primary N) is 1. The number of rotatable bonds is 4. The van der Waals surface area contributed by atoms with E-state index in [1.54, 1.807) is 4.90 Å². The molecule has 0 unspecified atom stereocenters. The molecule has 0 saturated heterocycles. The minimum absolute atomic E-state index is 0.119. The Kier molecular flexibility index (Phi) is 5.95. The number of hydrogen-bond acceptors (Lipinski definition) is 2. The number of anilines is 1. The van der Waals surface area contributed by atoms with Gasteiger partial charge < -0.3 is 5.73 Å². The highest BCUT2D eigenvalue weighted by Gasteiger charge is 2.18. The van der Waals surface area contributed by atoms with Gasteiger partial charge in [-0.2, -0.15) is 0 Å². The van der Waals surface area contributed by atoms with Crippen molar-refractivity contribution < 1.29 is 4.79 Å². The van der Waals surface area contributed by atoms with E-state index in [2.05, 4.69) is 10.3 Å². The number of nitrogens with one attached hydrogen (secondary N) is 1. The molecule has 0 aliphatic carbocycles. The van der Waals surface area contributed by atoms with E-state index in [0.29, 0.717) is 13.1 Å². The van der Waals surface area contributed by atoms with E-state index in [9.17, 15) is 4.79 Å². The number of aliphatic imine (C=N–C) groups is 1. The Balaban J connectivity index is 2.09. The van der Waals surface area contributed by atoms with Gasteiger partial charge in [0, 0.05) is 6.54 Å². The van der Waals surface area contributed by atoms with Crippen LogP contribution in [0.25, 0.3) is 0 Å². The predicted molar refractivity (Wildman–Crippen MR) is 99.2 cm³/mol. The number of guanidine groups is 1. The first kappa shape index (κ1) is 17.5. The molecule has 0 bridgehead atoms. The Morgan fingerprint density at radius 2 is 1.71 bits per heavy atom. The van der Waals surface area contributed by atoms with Gasteiger partial charge in [-0.15, -0.1) is 0 Å². The van der Waals surface area contributed by atoms with Crippen LogP contribution < -0.4 is 16.0 Å². The van der Waals surface area contributed by atoms with Crippen LogP contribution in [0.5, 0.6) is 0 Å². The maximum Gasteiger partial charge on any atom is 0.328 e. The molecule has 2 aromatic carbocycles. The van der Waals surface area contributed by atoms with Crippen molar-refractivity contribution in [3.8, 4) is 0 Å². The Labute approximate surface area is 143 Å². The SMILES string of the molecule is CCN(C(=O)NC(N)=NCc1ccccc1)c1c(C)cccc1C. The van der Waals surface area contributed by atoms with Crippen LogP contribution in [0.4, 0.5) is 10.5 Å². The van der Waals surface area contributed by atoms with Gasteiger partial charge in [0.05, 0.1) is 12.2 Å². The fourth-order valence-electron chi connectivity index (χ4n) is 2.61. The third-order valence-electron chi connectivity index (χ3n) is 3.78. The van der Waals surface area contributed by atoms with E-state index in [1.165, 1.54) is 0 Å². The molecule has 2 amide bonds. The number of aryl methyl sites for hydroxylation is 2. The zero-order valence-electron chi connectivity index (χ0n) is 14.4. The van der Waals surface area contributed by atoms with Crippen LogP contribution in [0.2, 0.25) is 0 Å². The maximum absolute atomic E-state index is 12.6. The standard InChI is InChI=1S/C19H24N4O/c1-4-23(17-14(2)9-8-10-15(17)3)19(24)22-18(20)21-13-16-11-6-5-7-12-16/h5-12H,4,13H2,1-3H3,(H3,20,21,22,24). The third kappa shape index (κ3) is 4.35. The molecular weight excluding hydrogens is 300 g/mol. The van der Waals surface area contributed by atoms with Crippen LogP contribution in [0.3, 0.4) is 0 Å². The first-order valence-electron chi connectivity index (χ1n) is 8.01. The lowest BCUT2D eigenvalue weighted by atomic mass is 10.1. The van der Waals surface area contributed by atoms with Crippen LogP contribution in [0.15, 0.2) is 53.5 Å². The van der Waals surface area contributed by atoms with Gasteiger partial charge in [0.15, 0.2) is 5.96 Å². The molecule has 0 atom stereocenters. The average Bonchev–Trinajstić information content (AvgIpc) is 2.57. The second-order valence-corrected chi connectivity index (χ2v) is 5.60. The number of amides is 2. The minimum atomic E-state index is -0.274. The van der Waals surface area contributed by atoms with E-state index in [1.807, 2.05) is 69.3 Å². The van der Waals surface area contributed by atoms with Crippen LogP contribution in [-0.2, 0) is 6.54 Å². The summed E-state index contributed by atoms with van der Waals surface area (Å²) in [4.78, 5) is 18.5. The number of carbonyl (C=O) groups is 1. The number of urea groups is 1. The second-order valence-electron chi connectivity index (χ2n) is 5.60. The molecular formula is C19H24N4O. The summed E-state index contributed by atoms with van der Waals surface area (Å²) < 4.78 is 0. The highest BCUT2D eigenvalue weighted by Crippen LogP contribution is 2.24. The molecule has 0 spiro atoms. The van der Waals surface area contributed by atoms with Crippen LogP contribution >= 0.6 is 0 Å². The van der Waals surface area contributed by atoms with Gasteiger partial charge in [-0.1, -0.05) is 48.5 Å². The van der Waals surface area contributed by atoms with E-state index >= 15 is 0 Å². The molecule has 0 aliphatic rings. The van der Waals surface area contributed by atoms with Crippen molar-refractivity contribution in [2.75, 3.05) is 11.4 Å². The Bertz CT molecular complexity index is 705. The monoisotopic (exact) mass is 324 g/mol. The summed E-state index contributed by atoms with van der Waals surface area (Å²) in [7, 11) is 0. The van der Waals surface area contributed by atoms with Gasteiger partial charge in [-0.05, 0) is 37.5 Å². The molecule has 3 N–H and O–H groups in total. The van der Waals surface area contributed by atoms with Gasteiger partial charge in [0.1, 0.15) is 0 Å². The zero-order chi connectivity index (χ0) is 17.5. The van der Waals surface area contributed by atoms with Gasteiger partial charge in [0.25, 0.3) is 0 Å². The topological polar surface area (TPSA) is 70.7 Å². The van der Waals surface area contributed by atoms with E-state index in [0.717, 1.165) is 22.4 Å². The molecule has 5 nitrogen and oxygen atoms in total. The fourth-order valence-corrected chi connectivity index (χ4v) is 2.61. The van der Waals surface area contributed by atoms with Crippen LogP contribution in [0.1, 0.15) is 23.6 Å².